The lowest BCUT2D eigenvalue weighted by atomic mass is 10.1. The van der Waals surface area contributed by atoms with Crippen molar-refractivity contribution in [3.05, 3.63) is 91.9 Å². The fraction of sp³-hybridized carbons (Fsp3) is 0.310. The quantitative estimate of drug-likeness (QED) is 0.237. The van der Waals surface area contributed by atoms with Gasteiger partial charge in [-0.05, 0) is 75.2 Å². The van der Waals surface area contributed by atoms with Gasteiger partial charge in [-0.2, -0.15) is 0 Å². The van der Waals surface area contributed by atoms with Crippen LogP contribution in [0, 0.1) is 6.92 Å². The van der Waals surface area contributed by atoms with E-state index in [1.807, 2.05) is 20.8 Å². The van der Waals surface area contributed by atoms with Crippen molar-refractivity contribution in [3.63, 3.8) is 0 Å². The van der Waals surface area contributed by atoms with Crippen LogP contribution in [0.4, 0.5) is 5.69 Å². The molecule has 0 heterocycles. The van der Waals surface area contributed by atoms with E-state index >= 15 is 0 Å². The topological polar surface area (TPSA) is 86.8 Å². The second-order valence-electron chi connectivity index (χ2n) is 9.81. The van der Waals surface area contributed by atoms with Crippen molar-refractivity contribution < 1.29 is 18.0 Å². The Balaban J connectivity index is 2.11. The molecule has 0 aliphatic rings. The number of anilines is 1. The third-order valence-corrected chi connectivity index (χ3v) is 9.14. The molecule has 0 spiro atoms. The molecule has 0 fully saturated rings. The zero-order valence-electron chi connectivity index (χ0n) is 23.0. The lowest BCUT2D eigenvalue weighted by molar-refractivity contribution is -0.140. The Kier molecular flexibility index (Phi) is 11.4. The Hall–Kier alpha value is -2.49. The molecule has 0 saturated heterocycles. The Morgan fingerprint density at radius 2 is 1.49 bits per heavy atom. The highest BCUT2D eigenvalue weighted by Crippen LogP contribution is 2.31. The third-order valence-electron chi connectivity index (χ3n) is 6.18. The molecule has 1 N–H and O–H groups in total. The zero-order chi connectivity index (χ0) is 30.5. The van der Waals surface area contributed by atoms with E-state index in [9.17, 15) is 18.0 Å². The minimum Gasteiger partial charge on any atom is -0.352 e. The van der Waals surface area contributed by atoms with E-state index in [2.05, 4.69) is 5.32 Å². The van der Waals surface area contributed by atoms with Gasteiger partial charge in [-0.3, -0.25) is 13.9 Å². The van der Waals surface area contributed by atoms with Crippen LogP contribution in [0.5, 0.6) is 0 Å². The van der Waals surface area contributed by atoms with Gasteiger partial charge in [0.15, 0.2) is 0 Å². The Bertz CT molecular complexity index is 1490. The molecule has 220 valence electrons. The second-order valence-corrected chi connectivity index (χ2v) is 13.4. The molecule has 0 aromatic heterocycles. The van der Waals surface area contributed by atoms with E-state index in [4.69, 9.17) is 46.4 Å². The molecule has 0 aliphatic carbocycles. The van der Waals surface area contributed by atoms with Crippen LogP contribution in [-0.4, -0.2) is 43.8 Å². The summed E-state index contributed by atoms with van der Waals surface area (Å²) in [6.07, 6.45) is 0.277. The minimum absolute atomic E-state index is 0.0194. The first-order chi connectivity index (χ1) is 19.2. The number of nitrogens with one attached hydrogen (secondary N) is 1. The molecular formula is C29H31Cl4N3O4S. The summed E-state index contributed by atoms with van der Waals surface area (Å²) >= 11 is 24.8. The number of aryl methyl sites for hydroxylation is 1. The molecule has 41 heavy (non-hydrogen) atoms. The Morgan fingerprint density at radius 3 is 2.02 bits per heavy atom. The maximum absolute atomic E-state index is 14.1. The number of halogens is 4. The standard InChI is InChI=1S/C29H31Cl4N3O4S/c1-5-27(29(38)34-18(2)3)35(16-20-8-11-25(32)26(33)12-20)28(37)17-36(23-14-21(30)13-22(31)15-23)41(39,40)24-9-6-19(4)7-10-24/h6-15,18,27H,5,16-17H2,1-4H3,(H,34,38). The number of amides is 2. The van der Waals surface area contributed by atoms with Crippen molar-refractivity contribution in [1.82, 2.24) is 10.2 Å². The molecule has 0 radical (unpaired) electrons. The first-order valence-electron chi connectivity index (χ1n) is 12.8. The summed E-state index contributed by atoms with van der Waals surface area (Å²) in [6, 6.07) is 14.4. The monoisotopic (exact) mass is 657 g/mol. The van der Waals surface area contributed by atoms with Gasteiger partial charge in [-0.15, -0.1) is 0 Å². The number of nitrogens with zero attached hydrogens (tertiary/aromatic N) is 2. The summed E-state index contributed by atoms with van der Waals surface area (Å²) in [5.74, 6) is -0.983. The molecule has 3 aromatic carbocycles. The van der Waals surface area contributed by atoms with Crippen LogP contribution >= 0.6 is 46.4 Å². The highest BCUT2D eigenvalue weighted by Gasteiger charge is 2.34. The van der Waals surface area contributed by atoms with E-state index < -0.39 is 28.5 Å². The predicted octanol–water partition coefficient (Wildman–Crippen LogP) is 7.14. The minimum atomic E-state index is -4.26. The van der Waals surface area contributed by atoms with Crippen LogP contribution in [0.15, 0.2) is 65.6 Å². The first kappa shape index (κ1) is 33.0. The van der Waals surface area contributed by atoms with Crippen molar-refractivity contribution in [1.29, 1.82) is 0 Å². The van der Waals surface area contributed by atoms with E-state index in [-0.39, 0.29) is 50.6 Å². The third kappa shape index (κ3) is 8.52. The Labute approximate surface area is 261 Å². The van der Waals surface area contributed by atoms with E-state index in [0.29, 0.717) is 10.6 Å². The van der Waals surface area contributed by atoms with Gasteiger partial charge in [-0.1, -0.05) is 77.1 Å². The van der Waals surface area contributed by atoms with Gasteiger partial charge in [-0.25, -0.2) is 8.42 Å². The predicted molar refractivity (Wildman–Crippen MR) is 167 cm³/mol. The van der Waals surface area contributed by atoms with Crippen LogP contribution in [0.2, 0.25) is 20.1 Å². The average Bonchev–Trinajstić information content (AvgIpc) is 2.88. The van der Waals surface area contributed by atoms with Crippen LogP contribution in [0.25, 0.3) is 0 Å². The lowest BCUT2D eigenvalue weighted by Crippen LogP contribution is -2.53. The molecule has 0 saturated carbocycles. The summed E-state index contributed by atoms with van der Waals surface area (Å²) < 4.78 is 28.8. The van der Waals surface area contributed by atoms with E-state index in [1.54, 1.807) is 37.3 Å². The molecule has 7 nitrogen and oxygen atoms in total. The van der Waals surface area contributed by atoms with Crippen LogP contribution in [0.1, 0.15) is 38.3 Å². The largest absolute Gasteiger partial charge is 0.352 e. The number of benzene rings is 3. The Morgan fingerprint density at radius 1 is 0.878 bits per heavy atom. The van der Waals surface area contributed by atoms with Crippen molar-refractivity contribution in [2.24, 2.45) is 0 Å². The maximum atomic E-state index is 14.1. The van der Waals surface area contributed by atoms with Gasteiger partial charge < -0.3 is 10.2 Å². The van der Waals surface area contributed by atoms with E-state index in [1.165, 1.54) is 35.2 Å². The number of rotatable bonds is 11. The number of carbonyl (C=O) groups excluding carboxylic acids is 2. The fourth-order valence-corrected chi connectivity index (χ4v) is 6.42. The molecule has 2 amide bonds. The maximum Gasteiger partial charge on any atom is 0.264 e. The molecule has 3 rings (SSSR count). The average molecular weight is 659 g/mol. The summed E-state index contributed by atoms with van der Waals surface area (Å²) in [6.45, 7) is 6.59. The molecular weight excluding hydrogens is 628 g/mol. The van der Waals surface area contributed by atoms with Gasteiger partial charge in [0.05, 0.1) is 20.6 Å². The van der Waals surface area contributed by atoms with Gasteiger partial charge >= 0.3 is 0 Å². The van der Waals surface area contributed by atoms with Gasteiger partial charge in [0.25, 0.3) is 10.0 Å². The highest BCUT2D eigenvalue weighted by molar-refractivity contribution is 7.92. The van der Waals surface area contributed by atoms with Gasteiger partial charge in [0.1, 0.15) is 12.6 Å². The summed E-state index contributed by atoms with van der Waals surface area (Å²) in [5, 5.41) is 3.86. The summed E-state index contributed by atoms with van der Waals surface area (Å²) in [7, 11) is -4.26. The van der Waals surface area contributed by atoms with Crippen molar-refractivity contribution in [2.45, 2.75) is 57.6 Å². The highest BCUT2D eigenvalue weighted by atomic mass is 35.5. The van der Waals surface area contributed by atoms with Crippen molar-refractivity contribution >= 4 is 73.9 Å². The van der Waals surface area contributed by atoms with Crippen molar-refractivity contribution in [3.8, 4) is 0 Å². The normalized spacial score (nSPS) is 12.2. The molecule has 0 bridgehead atoms. The fourth-order valence-electron chi connectivity index (χ4n) is 4.18. The van der Waals surface area contributed by atoms with Gasteiger partial charge in [0.2, 0.25) is 11.8 Å². The number of hydrogen-bond acceptors (Lipinski definition) is 4. The molecule has 0 aliphatic heterocycles. The molecule has 1 unspecified atom stereocenters. The van der Waals surface area contributed by atoms with Crippen LogP contribution in [-0.2, 0) is 26.2 Å². The van der Waals surface area contributed by atoms with Crippen molar-refractivity contribution in [2.75, 3.05) is 10.8 Å². The second kappa shape index (κ2) is 14.1. The lowest BCUT2D eigenvalue weighted by Gasteiger charge is -2.33. The summed E-state index contributed by atoms with van der Waals surface area (Å²) in [5.41, 5.74) is 1.58. The number of hydrogen-bond donors (Lipinski definition) is 1. The smallest absolute Gasteiger partial charge is 0.264 e. The molecule has 3 aromatic rings. The number of sulfonamides is 1. The molecule has 1 atom stereocenters. The van der Waals surface area contributed by atoms with Crippen LogP contribution in [0.3, 0.4) is 0 Å². The van der Waals surface area contributed by atoms with Crippen LogP contribution < -0.4 is 9.62 Å². The summed E-state index contributed by atoms with van der Waals surface area (Å²) in [4.78, 5) is 28.6. The number of carbonyl (C=O) groups is 2. The van der Waals surface area contributed by atoms with E-state index in [0.717, 1.165) is 9.87 Å². The first-order valence-corrected chi connectivity index (χ1v) is 15.8. The SMILES string of the molecule is CCC(C(=O)NC(C)C)N(Cc1ccc(Cl)c(Cl)c1)C(=O)CN(c1cc(Cl)cc(Cl)c1)S(=O)(=O)c1ccc(C)cc1. The zero-order valence-corrected chi connectivity index (χ0v) is 26.8. The molecule has 12 heteroatoms. The van der Waals surface area contributed by atoms with Gasteiger partial charge in [0, 0.05) is 22.6 Å².